The predicted molar refractivity (Wildman–Crippen MR) is 143 cm³/mol. The van der Waals surface area contributed by atoms with Crippen molar-refractivity contribution >= 4 is 27.7 Å². The normalized spacial score (nSPS) is 14.9. The molecule has 0 aliphatic heterocycles. The lowest BCUT2D eigenvalue weighted by molar-refractivity contribution is -0.139. The summed E-state index contributed by atoms with van der Waals surface area (Å²) in [4.78, 5) is 28.6. The number of hydrogen-bond donors (Lipinski definition) is 1. The van der Waals surface area contributed by atoms with Crippen LogP contribution in [0.4, 0.5) is 10.1 Å². The van der Waals surface area contributed by atoms with Crippen LogP contribution in [0.15, 0.2) is 54.6 Å². The van der Waals surface area contributed by atoms with Gasteiger partial charge in [0.25, 0.3) is 0 Å². The average Bonchev–Trinajstić information content (AvgIpc) is 3.39. The van der Waals surface area contributed by atoms with Crippen molar-refractivity contribution in [2.24, 2.45) is 0 Å². The van der Waals surface area contributed by atoms with Gasteiger partial charge in [-0.3, -0.25) is 9.59 Å². The maximum Gasteiger partial charge on any atom is 0.304 e. The Morgan fingerprint density at radius 2 is 1.65 bits per heavy atom. The molecular weight excluding hydrogens is 495 g/mol. The Bertz CT molecular complexity index is 1140. The van der Waals surface area contributed by atoms with Crippen molar-refractivity contribution in [1.29, 1.82) is 0 Å². The molecule has 2 aromatic rings. The average molecular weight is 533 g/mol. The summed E-state index contributed by atoms with van der Waals surface area (Å²) >= 11 is 0. The number of hydrogen-bond acceptors (Lipinski definition) is 4. The Kier molecular flexibility index (Phi) is 10.0. The summed E-state index contributed by atoms with van der Waals surface area (Å²) in [7, 11) is -1.34. The van der Waals surface area contributed by atoms with Crippen LogP contribution in [-0.4, -0.2) is 68.7 Å². The van der Waals surface area contributed by atoms with Gasteiger partial charge >= 0.3 is 10.2 Å². The van der Waals surface area contributed by atoms with Crippen molar-refractivity contribution in [2.45, 2.75) is 57.5 Å². The van der Waals surface area contributed by atoms with E-state index in [1.165, 1.54) is 31.1 Å². The molecule has 202 valence electrons. The first kappa shape index (κ1) is 28.6. The van der Waals surface area contributed by atoms with Crippen molar-refractivity contribution in [3.8, 4) is 0 Å². The molecule has 0 saturated heterocycles. The van der Waals surface area contributed by atoms with E-state index in [-0.39, 0.29) is 24.2 Å². The zero-order chi connectivity index (χ0) is 27.0. The summed E-state index contributed by atoms with van der Waals surface area (Å²) < 4.78 is 41.8. The zero-order valence-corrected chi connectivity index (χ0v) is 22.6. The molecule has 10 heteroatoms. The molecule has 8 nitrogen and oxygen atoms in total. The van der Waals surface area contributed by atoms with E-state index in [9.17, 15) is 22.4 Å². The van der Waals surface area contributed by atoms with Crippen molar-refractivity contribution in [1.82, 2.24) is 14.5 Å². The van der Waals surface area contributed by atoms with E-state index in [4.69, 9.17) is 0 Å². The summed E-state index contributed by atoms with van der Waals surface area (Å²) in [6.45, 7) is 1.57. The largest absolute Gasteiger partial charge is 0.352 e. The van der Waals surface area contributed by atoms with Gasteiger partial charge in [0.05, 0.1) is 5.69 Å². The van der Waals surface area contributed by atoms with Crippen LogP contribution < -0.4 is 9.62 Å². The molecule has 1 saturated carbocycles. The molecule has 1 aliphatic carbocycles. The van der Waals surface area contributed by atoms with Gasteiger partial charge in [0.15, 0.2) is 0 Å². The van der Waals surface area contributed by atoms with Gasteiger partial charge in [-0.25, -0.2) is 8.70 Å². The number of rotatable bonds is 12. The first-order valence-electron chi connectivity index (χ1n) is 12.7. The second-order valence-corrected chi connectivity index (χ2v) is 11.6. The molecule has 3 rings (SSSR count). The summed E-state index contributed by atoms with van der Waals surface area (Å²) in [6, 6.07) is 13.9. The van der Waals surface area contributed by atoms with Crippen LogP contribution in [0.1, 0.15) is 44.6 Å². The Morgan fingerprint density at radius 1 is 1.03 bits per heavy atom. The van der Waals surface area contributed by atoms with Crippen LogP contribution in [0.5, 0.6) is 0 Å². The van der Waals surface area contributed by atoms with Crippen molar-refractivity contribution in [3.63, 3.8) is 0 Å². The highest BCUT2D eigenvalue weighted by Crippen LogP contribution is 2.22. The molecular formula is C27H37FN4O4S. The van der Waals surface area contributed by atoms with Crippen LogP contribution >= 0.6 is 0 Å². The van der Waals surface area contributed by atoms with E-state index in [0.717, 1.165) is 52.0 Å². The maximum absolute atomic E-state index is 13.8. The SMILES string of the molecule is CCC(C(=O)NC1CCCC1)N(CCc1ccccc1)C(=O)CN(c1ccc(F)cc1)S(=O)(=O)N(C)C. The molecule has 1 aliphatic rings. The van der Waals surface area contributed by atoms with Crippen LogP contribution in [0.2, 0.25) is 0 Å². The summed E-state index contributed by atoms with van der Waals surface area (Å²) in [5.74, 6) is -1.24. The molecule has 0 bridgehead atoms. The minimum Gasteiger partial charge on any atom is -0.352 e. The summed E-state index contributed by atoms with van der Waals surface area (Å²) in [5, 5.41) is 3.09. The lowest BCUT2D eigenvalue weighted by Gasteiger charge is -2.34. The van der Waals surface area contributed by atoms with Crippen LogP contribution in [0.3, 0.4) is 0 Å². The Balaban J connectivity index is 1.90. The van der Waals surface area contributed by atoms with Crippen molar-refractivity contribution in [3.05, 3.63) is 66.0 Å². The highest BCUT2D eigenvalue weighted by atomic mass is 32.2. The van der Waals surface area contributed by atoms with E-state index < -0.39 is 34.5 Å². The standard InChI is InChI=1S/C27H37FN4O4S/c1-4-25(27(34)29-23-12-8-9-13-23)31(19-18-21-10-6-5-7-11-21)26(33)20-32(37(35,36)30(2)3)24-16-14-22(28)15-17-24/h5-7,10-11,14-17,23,25H,4,8-9,12-13,18-20H2,1-3H3,(H,29,34). The number of carbonyl (C=O) groups excluding carboxylic acids is 2. The van der Waals surface area contributed by atoms with Gasteiger partial charge in [-0.05, 0) is 55.5 Å². The molecule has 2 amide bonds. The summed E-state index contributed by atoms with van der Waals surface area (Å²) in [5.41, 5.74) is 1.16. The second-order valence-electron chi connectivity index (χ2n) is 9.51. The lowest BCUT2D eigenvalue weighted by atomic mass is 10.1. The smallest absolute Gasteiger partial charge is 0.304 e. The van der Waals surface area contributed by atoms with Crippen LogP contribution in [0.25, 0.3) is 0 Å². The van der Waals surface area contributed by atoms with Gasteiger partial charge in [-0.2, -0.15) is 12.7 Å². The molecule has 1 unspecified atom stereocenters. The van der Waals surface area contributed by atoms with E-state index in [0.29, 0.717) is 12.8 Å². The molecule has 1 fully saturated rings. The Labute approximate surface area is 219 Å². The number of amides is 2. The number of nitrogens with one attached hydrogen (secondary N) is 1. The molecule has 2 aromatic carbocycles. The van der Waals surface area contributed by atoms with Gasteiger partial charge < -0.3 is 10.2 Å². The lowest BCUT2D eigenvalue weighted by Crippen LogP contribution is -2.55. The fourth-order valence-corrected chi connectivity index (χ4v) is 5.64. The van der Waals surface area contributed by atoms with Crippen molar-refractivity contribution < 1.29 is 22.4 Å². The van der Waals surface area contributed by atoms with E-state index in [1.807, 2.05) is 37.3 Å². The first-order valence-corrected chi connectivity index (χ1v) is 14.1. The van der Waals surface area contributed by atoms with Gasteiger partial charge in [0, 0.05) is 26.7 Å². The molecule has 37 heavy (non-hydrogen) atoms. The van der Waals surface area contributed by atoms with Crippen molar-refractivity contribution in [2.75, 3.05) is 31.5 Å². The number of anilines is 1. The maximum atomic E-state index is 13.8. The minimum absolute atomic E-state index is 0.0949. The Hall–Kier alpha value is -2.98. The number of carbonyl (C=O) groups is 2. The topological polar surface area (TPSA) is 90.0 Å². The fraction of sp³-hybridized carbons (Fsp3) is 0.481. The first-order chi connectivity index (χ1) is 17.6. The molecule has 1 N–H and O–H groups in total. The third-order valence-corrected chi connectivity index (χ3v) is 8.52. The van der Waals surface area contributed by atoms with Gasteiger partial charge in [0.2, 0.25) is 11.8 Å². The third kappa shape index (κ3) is 7.52. The van der Waals surface area contributed by atoms with E-state index in [1.54, 1.807) is 0 Å². The van der Waals surface area contributed by atoms with Crippen LogP contribution in [0, 0.1) is 5.82 Å². The quantitative estimate of drug-likeness (QED) is 0.454. The Morgan fingerprint density at radius 3 is 2.22 bits per heavy atom. The molecule has 0 radical (unpaired) electrons. The third-order valence-electron chi connectivity index (χ3n) is 6.71. The molecule has 1 atom stereocenters. The monoisotopic (exact) mass is 532 g/mol. The van der Waals surface area contributed by atoms with E-state index >= 15 is 0 Å². The predicted octanol–water partition coefficient (Wildman–Crippen LogP) is 3.35. The number of halogens is 1. The fourth-order valence-electron chi connectivity index (χ4n) is 4.59. The van der Waals surface area contributed by atoms with E-state index in [2.05, 4.69) is 5.32 Å². The van der Waals surface area contributed by atoms with Gasteiger partial charge in [0.1, 0.15) is 18.4 Å². The zero-order valence-electron chi connectivity index (χ0n) is 21.8. The highest BCUT2D eigenvalue weighted by Gasteiger charge is 2.34. The molecule has 0 spiro atoms. The second kappa shape index (κ2) is 13.0. The number of nitrogens with zero attached hydrogens (tertiary/aromatic N) is 3. The summed E-state index contributed by atoms with van der Waals surface area (Å²) in [6.07, 6.45) is 4.85. The highest BCUT2D eigenvalue weighted by molar-refractivity contribution is 7.90. The molecule has 0 heterocycles. The van der Waals surface area contributed by atoms with Gasteiger partial charge in [-0.1, -0.05) is 50.1 Å². The number of benzene rings is 2. The minimum atomic E-state index is -4.08. The van der Waals surface area contributed by atoms with Gasteiger partial charge in [-0.15, -0.1) is 0 Å². The van der Waals surface area contributed by atoms with Crippen LogP contribution in [-0.2, 0) is 26.2 Å². The molecule has 0 aromatic heterocycles.